The number of thioether (sulfide) groups is 1. The molecule has 372 valence electrons. The molecule has 16 nitrogen and oxygen atoms in total. The van der Waals surface area contributed by atoms with Gasteiger partial charge in [-0.05, 0) is 92.1 Å². The van der Waals surface area contributed by atoms with Gasteiger partial charge in [-0.1, -0.05) is 17.7 Å². The lowest BCUT2D eigenvalue weighted by Crippen LogP contribution is -2.52. The Morgan fingerprint density at radius 2 is 1.68 bits per heavy atom. The number of amides is 3. The summed E-state index contributed by atoms with van der Waals surface area (Å²) in [6.07, 6.45) is 4.11. The molecule has 0 saturated carbocycles. The van der Waals surface area contributed by atoms with E-state index in [0.717, 1.165) is 78.1 Å². The predicted molar refractivity (Wildman–Crippen MR) is 266 cm³/mol. The highest BCUT2D eigenvalue weighted by molar-refractivity contribution is 7.99. The molecule has 5 aromatic rings. The van der Waals surface area contributed by atoms with Crippen molar-refractivity contribution < 1.29 is 37.4 Å². The zero-order valence-corrected chi connectivity index (χ0v) is 41.2. The van der Waals surface area contributed by atoms with Crippen molar-refractivity contribution in [3.8, 4) is 17.2 Å². The maximum atomic E-state index is 15.2. The van der Waals surface area contributed by atoms with E-state index in [9.17, 15) is 28.8 Å². The predicted octanol–water partition coefficient (Wildman–Crippen LogP) is 5.94. The second kappa shape index (κ2) is 20.0. The minimum absolute atomic E-state index is 0.0730. The van der Waals surface area contributed by atoms with E-state index in [2.05, 4.69) is 26.5 Å². The fraction of sp³-hybridized carbons (Fsp3) is 0.480. The van der Waals surface area contributed by atoms with Crippen molar-refractivity contribution >= 4 is 84.2 Å². The van der Waals surface area contributed by atoms with Crippen LogP contribution in [0.2, 0.25) is 5.02 Å². The molecule has 11 rings (SSSR count). The summed E-state index contributed by atoms with van der Waals surface area (Å²) in [6, 6.07) is 9.30. The Morgan fingerprint density at radius 3 is 2.42 bits per heavy atom. The Kier molecular flexibility index (Phi) is 13.5. The molecule has 0 aliphatic carbocycles. The van der Waals surface area contributed by atoms with Gasteiger partial charge in [0.25, 0.3) is 5.91 Å². The van der Waals surface area contributed by atoms with Crippen LogP contribution in [0.25, 0.3) is 32.1 Å². The van der Waals surface area contributed by atoms with Crippen molar-refractivity contribution in [3.05, 3.63) is 79.7 Å². The van der Waals surface area contributed by atoms with Crippen LogP contribution in [0.15, 0.2) is 40.0 Å². The molecule has 4 N–H and O–H groups in total. The SMILES string of the molecule is N#Cc1c(N)sc2c(F)ccc(-c3c(Cl)cc4c(N5CC6CCC(C5)N6)nc(=O)n5c4c3SCC5COCCOCCOCCN3CCC(c4cc(F)cc5c4CN(C4CCC(=O)NC4=O)C5=O)CC3)c12. The van der Waals surface area contributed by atoms with Crippen LogP contribution >= 0.6 is 34.7 Å². The van der Waals surface area contributed by atoms with Gasteiger partial charge in [0, 0.05) is 77.2 Å². The number of anilines is 2. The third-order valence-corrected chi connectivity index (χ3v) is 17.4. The number of likely N-dealkylation sites (tertiary alicyclic amines) is 1. The summed E-state index contributed by atoms with van der Waals surface area (Å²) < 4.78 is 50.0. The molecule has 4 fully saturated rings. The number of piperidine rings is 2. The van der Waals surface area contributed by atoms with Crippen LogP contribution in [0.5, 0.6) is 0 Å². The molecule has 21 heteroatoms. The molecule has 4 unspecified atom stereocenters. The number of ether oxygens (including phenoxy) is 3. The first-order chi connectivity index (χ1) is 34.4. The molecule has 4 atom stereocenters. The number of carbonyl (C=O) groups excluding carboxylic acids is 3. The van der Waals surface area contributed by atoms with Crippen LogP contribution < -0.4 is 27.0 Å². The average Bonchev–Trinajstić information content (AvgIpc) is 4.01. The van der Waals surface area contributed by atoms with E-state index >= 15 is 4.39 Å². The molecular weight excluding hydrogens is 976 g/mol. The number of hydrogen-bond donors (Lipinski definition) is 3. The molecule has 0 radical (unpaired) electrons. The standard InChI is InChI=1S/C50H52ClF2N9O7S2/c51-37-19-34-43-45(42(37)31-3-4-38(53)44-41(31)35(20-54)46(55)71-44)70-25-30(62(43)50(66)58-47(34)60-21-28-1-2-29(22-60)56-28)24-69-16-15-68-14-13-67-12-11-59-9-7-26(8-10-59)32-17-27(52)18-33-36(32)23-61(49(33)65)39-5-6-40(63)57-48(39)64/h3-4,17-19,26,28-30,39,56H,1-2,5-16,21-25,55H2,(H,57,63,64). The Balaban J connectivity index is 0.683. The molecule has 0 spiro atoms. The highest BCUT2D eigenvalue weighted by atomic mass is 35.5. The van der Waals surface area contributed by atoms with Gasteiger partial charge >= 0.3 is 5.69 Å². The Bertz CT molecular complexity index is 3070. The number of piperazine rings is 1. The van der Waals surface area contributed by atoms with Gasteiger partial charge in [-0.3, -0.25) is 24.3 Å². The van der Waals surface area contributed by atoms with Crippen LogP contribution in [-0.2, 0) is 30.3 Å². The largest absolute Gasteiger partial charge is 0.389 e. The normalized spacial score (nSPS) is 22.5. The zero-order chi connectivity index (χ0) is 49.1. The van der Waals surface area contributed by atoms with E-state index in [1.807, 2.05) is 6.07 Å². The van der Waals surface area contributed by atoms with E-state index < -0.39 is 29.3 Å². The number of aromatic nitrogens is 2. The molecule has 3 aromatic carbocycles. The fourth-order valence-electron chi connectivity index (χ4n) is 11.5. The smallest absolute Gasteiger partial charge is 0.350 e. The number of fused-ring (bicyclic) bond motifs is 4. The van der Waals surface area contributed by atoms with Gasteiger partial charge in [0.2, 0.25) is 11.8 Å². The second-order valence-electron chi connectivity index (χ2n) is 19.1. The van der Waals surface area contributed by atoms with E-state index in [1.165, 1.54) is 23.1 Å². The highest BCUT2D eigenvalue weighted by Gasteiger charge is 2.42. The first-order valence-electron chi connectivity index (χ1n) is 24.2. The molecule has 71 heavy (non-hydrogen) atoms. The highest BCUT2D eigenvalue weighted by Crippen LogP contribution is 2.51. The van der Waals surface area contributed by atoms with Gasteiger partial charge in [-0.15, -0.1) is 23.1 Å². The van der Waals surface area contributed by atoms with Gasteiger partial charge in [0.1, 0.15) is 34.6 Å². The number of nitriles is 1. The zero-order valence-electron chi connectivity index (χ0n) is 38.8. The molecule has 3 amide bonds. The first kappa shape index (κ1) is 48.1. The quantitative estimate of drug-likeness (QED) is 0.0823. The molecule has 2 aromatic heterocycles. The fourth-order valence-corrected chi connectivity index (χ4v) is 14.1. The molecule has 6 aliphatic rings. The minimum Gasteiger partial charge on any atom is -0.389 e. The lowest BCUT2D eigenvalue weighted by atomic mass is 9.85. The van der Waals surface area contributed by atoms with E-state index in [-0.39, 0.29) is 65.0 Å². The number of rotatable bonds is 15. The number of nitrogens with zero attached hydrogens (tertiary/aromatic N) is 6. The van der Waals surface area contributed by atoms with Gasteiger partial charge < -0.3 is 40.0 Å². The summed E-state index contributed by atoms with van der Waals surface area (Å²) >= 11 is 9.81. The molecular formula is C50H52ClF2N9O7S2. The number of benzene rings is 3. The van der Waals surface area contributed by atoms with Crippen molar-refractivity contribution in [1.29, 1.82) is 5.26 Å². The Hall–Kier alpha value is -5.24. The van der Waals surface area contributed by atoms with Crippen molar-refractivity contribution in [3.63, 3.8) is 0 Å². The summed E-state index contributed by atoms with van der Waals surface area (Å²) in [5, 5.41) is 17.9. The van der Waals surface area contributed by atoms with Gasteiger partial charge in [0.15, 0.2) is 0 Å². The number of carbonyl (C=O) groups is 3. The lowest BCUT2D eigenvalue weighted by molar-refractivity contribution is -0.136. The van der Waals surface area contributed by atoms with E-state index in [4.69, 9.17) is 36.5 Å². The van der Waals surface area contributed by atoms with Gasteiger partial charge in [0.05, 0.1) is 66.5 Å². The number of nitrogen functional groups attached to an aromatic ring is 1. The van der Waals surface area contributed by atoms with Gasteiger partial charge in [-0.2, -0.15) is 10.2 Å². The summed E-state index contributed by atoms with van der Waals surface area (Å²) in [7, 11) is 0. The summed E-state index contributed by atoms with van der Waals surface area (Å²) in [5.74, 6) is -1.02. The summed E-state index contributed by atoms with van der Waals surface area (Å²) in [6.45, 7) is 6.10. The van der Waals surface area contributed by atoms with Crippen LogP contribution in [0.1, 0.15) is 77.5 Å². The second-order valence-corrected chi connectivity index (χ2v) is 21.6. The topological polar surface area (TPSA) is 197 Å². The number of imide groups is 1. The number of nitrogens with two attached hydrogens (primary N) is 1. The lowest BCUT2D eigenvalue weighted by Gasteiger charge is -2.36. The first-order valence-corrected chi connectivity index (χ1v) is 26.4. The van der Waals surface area contributed by atoms with Crippen LogP contribution in [0, 0.1) is 23.0 Å². The van der Waals surface area contributed by atoms with E-state index in [1.54, 1.807) is 22.4 Å². The number of halogens is 3. The molecule has 8 heterocycles. The molecule has 4 saturated heterocycles. The monoisotopic (exact) mass is 1030 g/mol. The Labute approximate surface area is 420 Å². The summed E-state index contributed by atoms with van der Waals surface area (Å²) in [4.78, 5) is 63.3. The Morgan fingerprint density at radius 1 is 0.930 bits per heavy atom. The summed E-state index contributed by atoms with van der Waals surface area (Å²) in [5.41, 5.74) is 9.80. The average molecular weight is 1030 g/mol. The number of nitrogens with one attached hydrogen (secondary N) is 2. The third kappa shape index (κ3) is 9.06. The molecule has 6 aliphatic heterocycles. The van der Waals surface area contributed by atoms with Crippen LogP contribution in [0.4, 0.5) is 19.6 Å². The number of hydrogen-bond acceptors (Lipinski definition) is 15. The van der Waals surface area contributed by atoms with Crippen LogP contribution in [-0.4, -0.2) is 133 Å². The minimum atomic E-state index is -0.750. The van der Waals surface area contributed by atoms with Gasteiger partial charge in [-0.25, -0.2) is 13.6 Å². The van der Waals surface area contributed by atoms with Crippen molar-refractivity contribution in [2.45, 2.75) is 80.1 Å². The van der Waals surface area contributed by atoms with Crippen molar-refractivity contribution in [2.75, 3.05) is 88.8 Å². The maximum absolute atomic E-state index is 15.2. The number of thiophene rings is 1. The van der Waals surface area contributed by atoms with Crippen LogP contribution in [0.3, 0.4) is 0 Å². The maximum Gasteiger partial charge on any atom is 0.350 e. The molecule has 2 bridgehead atoms. The van der Waals surface area contributed by atoms with Crippen molar-refractivity contribution in [2.24, 2.45) is 0 Å². The third-order valence-electron chi connectivity index (χ3n) is 14.9. The van der Waals surface area contributed by atoms with Crippen molar-refractivity contribution in [1.82, 2.24) is 30.0 Å². The van der Waals surface area contributed by atoms with E-state index in [0.29, 0.717) is 102 Å².